The number of halogens is 2. The number of sulfonamides is 1. The average molecular weight is 487 g/mol. The number of nitrogens with zero attached hydrogens (tertiary/aromatic N) is 1. The molecule has 1 atom stereocenters. The second kappa shape index (κ2) is 11.1. The lowest BCUT2D eigenvalue weighted by Gasteiger charge is -2.23. The molecule has 0 bridgehead atoms. The quantitative estimate of drug-likeness (QED) is 0.505. The first-order chi connectivity index (χ1) is 14.6. The largest absolute Gasteiger partial charge is 0.496 e. The Hall–Kier alpha value is -1.96. The van der Waals surface area contributed by atoms with Crippen LogP contribution < -0.4 is 14.4 Å². The van der Waals surface area contributed by atoms with Crippen LogP contribution in [0.15, 0.2) is 36.4 Å². The number of benzene rings is 2. The van der Waals surface area contributed by atoms with Crippen molar-refractivity contribution in [2.75, 3.05) is 24.2 Å². The van der Waals surface area contributed by atoms with Crippen molar-refractivity contribution in [3.05, 3.63) is 57.6 Å². The lowest BCUT2D eigenvalue weighted by atomic mass is 10.0. The predicted molar refractivity (Wildman–Crippen MR) is 127 cm³/mol. The first-order valence-corrected chi connectivity index (χ1v) is 12.5. The Bertz CT molecular complexity index is 1030. The molecule has 31 heavy (non-hydrogen) atoms. The first-order valence-electron chi connectivity index (χ1n) is 9.93. The number of carbonyl (C=O) groups is 1. The molecule has 0 aliphatic heterocycles. The normalized spacial score (nSPS) is 12.3. The molecule has 1 amide bonds. The first kappa shape index (κ1) is 25.3. The Morgan fingerprint density at radius 2 is 1.87 bits per heavy atom. The van der Waals surface area contributed by atoms with E-state index in [1.807, 2.05) is 32.0 Å². The van der Waals surface area contributed by atoms with Crippen LogP contribution in [0, 0.1) is 6.92 Å². The summed E-state index contributed by atoms with van der Waals surface area (Å²) in [6.45, 7) is 4.11. The van der Waals surface area contributed by atoms with Crippen molar-refractivity contribution in [2.45, 2.75) is 39.2 Å². The summed E-state index contributed by atoms with van der Waals surface area (Å²) in [4.78, 5) is 12.5. The molecule has 2 rings (SSSR count). The number of methoxy groups -OCH3 is 1. The zero-order chi connectivity index (χ0) is 23.2. The summed E-state index contributed by atoms with van der Waals surface area (Å²) in [6.07, 6.45) is 2.40. The molecular weight excluding hydrogens is 459 g/mol. The van der Waals surface area contributed by atoms with Crippen molar-refractivity contribution in [1.29, 1.82) is 0 Å². The molecule has 0 saturated heterocycles. The minimum absolute atomic E-state index is 0.127. The summed E-state index contributed by atoms with van der Waals surface area (Å²) in [6, 6.07) is 10.4. The third-order valence-corrected chi connectivity index (χ3v) is 6.85. The van der Waals surface area contributed by atoms with E-state index in [2.05, 4.69) is 5.32 Å². The van der Waals surface area contributed by atoms with Crippen LogP contribution in [0.4, 0.5) is 5.69 Å². The summed E-state index contributed by atoms with van der Waals surface area (Å²) >= 11 is 12.0. The highest BCUT2D eigenvalue weighted by atomic mass is 35.5. The Morgan fingerprint density at radius 1 is 1.16 bits per heavy atom. The number of aryl methyl sites for hydroxylation is 1. The van der Waals surface area contributed by atoms with E-state index in [1.54, 1.807) is 19.2 Å². The van der Waals surface area contributed by atoms with Gasteiger partial charge in [-0.15, -0.1) is 0 Å². The van der Waals surface area contributed by atoms with E-state index in [9.17, 15) is 13.2 Å². The molecule has 6 nitrogen and oxygen atoms in total. The molecule has 1 unspecified atom stereocenters. The van der Waals surface area contributed by atoms with Gasteiger partial charge in [0.1, 0.15) is 5.75 Å². The van der Waals surface area contributed by atoms with Crippen molar-refractivity contribution >= 4 is 44.8 Å². The van der Waals surface area contributed by atoms with Crippen LogP contribution in [0.1, 0.15) is 43.4 Å². The predicted octanol–water partition coefficient (Wildman–Crippen LogP) is 5.12. The van der Waals surface area contributed by atoms with E-state index in [0.29, 0.717) is 17.1 Å². The highest BCUT2D eigenvalue weighted by Crippen LogP contribution is 2.29. The van der Waals surface area contributed by atoms with Crippen LogP contribution in [-0.2, 0) is 14.8 Å². The van der Waals surface area contributed by atoms with Crippen LogP contribution >= 0.6 is 23.2 Å². The summed E-state index contributed by atoms with van der Waals surface area (Å²) in [5.41, 5.74) is 2.42. The fraction of sp³-hybridized carbons (Fsp3) is 0.409. The monoisotopic (exact) mass is 486 g/mol. The molecular formula is C22H28Cl2N2O4S. The molecule has 0 aliphatic carbocycles. The van der Waals surface area contributed by atoms with E-state index in [4.69, 9.17) is 27.9 Å². The summed E-state index contributed by atoms with van der Waals surface area (Å²) in [5.74, 6) is 0.663. The third-order valence-electron chi connectivity index (χ3n) is 4.92. The Labute approximate surface area is 194 Å². The van der Waals surface area contributed by atoms with E-state index in [-0.39, 0.29) is 29.9 Å². The molecule has 1 N–H and O–H groups in total. The highest BCUT2D eigenvalue weighted by molar-refractivity contribution is 7.92. The van der Waals surface area contributed by atoms with Gasteiger partial charge < -0.3 is 10.1 Å². The van der Waals surface area contributed by atoms with Gasteiger partial charge in [-0.2, -0.15) is 0 Å². The van der Waals surface area contributed by atoms with E-state index >= 15 is 0 Å². The fourth-order valence-corrected chi connectivity index (χ4v) is 4.57. The SMILES string of the molecule is CCC(NC(=O)CCCN(c1ccc(Cl)c(Cl)c1)S(C)(=O)=O)c1ccc(OC)c(C)c1. The van der Waals surface area contributed by atoms with Crippen LogP contribution in [0.3, 0.4) is 0 Å². The van der Waals surface area contributed by atoms with Gasteiger partial charge in [0, 0.05) is 13.0 Å². The minimum Gasteiger partial charge on any atom is -0.496 e. The van der Waals surface area contributed by atoms with Gasteiger partial charge in [0.15, 0.2) is 0 Å². The molecule has 2 aromatic carbocycles. The smallest absolute Gasteiger partial charge is 0.232 e. The molecule has 0 saturated carbocycles. The molecule has 0 fully saturated rings. The highest BCUT2D eigenvalue weighted by Gasteiger charge is 2.19. The van der Waals surface area contributed by atoms with Crippen LogP contribution in [0.2, 0.25) is 10.0 Å². The van der Waals surface area contributed by atoms with Crippen LogP contribution in [-0.4, -0.2) is 34.2 Å². The van der Waals surface area contributed by atoms with Crippen molar-refractivity contribution in [2.24, 2.45) is 0 Å². The second-order valence-corrected chi connectivity index (χ2v) is 10.0. The fourth-order valence-electron chi connectivity index (χ4n) is 3.32. The van der Waals surface area contributed by atoms with Gasteiger partial charge in [0.25, 0.3) is 0 Å². The van der Waals surface area contributed by atoms with E-state index in [1.165, 1.54) is 10.4 Å². The van der Waals surface area contributed by atoms with Gasteiger partial charge >= 0.3 is 0 Å². The van der Waals surface area contributed by atoms with Crippen LogP contribution in [0.25, 0.3) is 0 Å². The molecule has 2 aromatic rings. The maximum atomic E-state index is 12.5. The van der Waals surface area contributed by atoms with Crippen molar-refractivity contribution in [1.82, 2.24) is 5.32 Å². The zero-order valence-electron chi connectivity index (χ0n) is 18.1. The molecule has 0 spiro atoms. The minimum atomic E-state index is -3.54. The van der Waals surface area contributed by atoms with Gasteiger partial charge in [-0.05, 0) is 55.2 Å². The Kier molecular flexibility index (Phi) is 9.03. The number of ether oxygens (including phenoxy) is 1. The molecule has 0 heterocycles. The van der Waals surface area contributed by atoms with Gasteiger partial charge in [-0.3, -0.25) is 9.10 Å². The number of nitrogens with one attached hydrogen (secondary N) is 1. The lowest BCUT2D eigenvalue weighted by molar-refractivity contribution is -0.121. The number of hydrogen-bond donors (Lipinski definition) is 1. The molecule has 9 heteroatoms. The Balaban J connectivity index is 2.01. The standard InChI is InChI=1S/C22H28Cl2N2O4S/c1-5-20(16-8-11-21(30-3)15(2)13-16)25-22(27)7-6-12-26(31(4,28)29)17-9-10-18(23)19(24)14-17/h8-11,13-14,20H,5-7,12H2,1-4H3,(H,25,27). The summed E-state index contributed by atoms with van der Waals surface area (Å²) in [7, 11) is -1.92. The molecule has 170 valence electrons. The summed E-state index contributed by atoms with van der Waals surface area (Å²) in [5, 5.41) is 3.64. The average Bonchev–Trinajstić information content (AvgIpc) is 2.70. The topological polar surface area (TPSA) is 75.7 Å². The van der Waals surface area contributed by atoms with Gasteiger partial charge in [-0.25, -0.2) is 8.42 Å². The van der Waals surface area contributed by atoms with E-state index < -0.39 is 10.0 Å². The van der Waals surface area contributed by atoms with Crippen molar-refractivity contribution in [3.8, 4) is 5.75 Å². The maximum absolute atomic E-state index is 12.5. The van der Waals surface area contributed by atoms with Gasteiger partial charge in [-0.1, -0.05) is 42.3 Å². The van der Waals surface area contributed by atoms with Gasteiger partial charge in [0.2, 0.25) is 15.9 Å². The Morgan fingerprint density at radius 3 is 2.42 bits per heavy atom. The zero-order valence-corrected chi connectivity index (χ0v) is 20.4. The molecule has 0 aliphatic rings. The number of anilines is 1. The van der Waals surface area contributed by atoms with E-state index in [0.717, 1.165) is 29.6 Å². The molecule has 0 aromatic heterocycles. The molecule has 0 radical (unpaired) electrons. The number of hydrogen-bond acceptors (Lipinski definition) is 4. The maximum Gasteiger partial charge on any atom is 0.232 e. The number of carbonyl (C=O) groups excluding carboxylic acids is 1. The lowest BCUT2D eigenvalue weighted by Crippen LogP contribution is -2.33. The third kappa shape index (κ3) is 7.02. The van der Waals surface area contributed by atoms with Gasteiger partial charge in [0.05, 0.1) is 35.1 Å². The van der Waals surface area contributed by atoms with Crippen molar-refractivity contribution in [3.63, 3.8) is 0 Å². The van der Waals surface area contributed by atoms with Crippen LogP contribution in [0.5, 0.6) is 5.75 Å². The summed E-state index contributed by atoms with van der Waals surface area (Å²) < 4.78 is 31.0. The number of rotatable bonds is 10. The van der Waals surface area contributed by atoms with Crippen molar-refractivity contribution < 1.29 is 17.9 Å². The number of amides is 1. The second-order valence-electron chi connectivity index (χ2n) is 7.29.